The molecular formula is C54H52N5-. The van der Waals surface area contributed by atoms with Gasteiger partial charge in [-0.15, -0.1) is 0 Å². The van der Waals surface area contributed by atoms with Crippen molar-refractivity contribution in [1.29, 1.82) is 0 Å². The van der Waals surface area contributed by atoms with Gasteiger partial charge in [-0.1, -0.05) is 136 Å². The number of para-hydroxylation sites is 4. The molecule has 0 aliphatic carbocycles. The highest BCUT2D eigenvalue weighted by Crippen LogP contribution is 2.39. The third-order valence-corrected chi connectivity index (χ3v) is 11.6. The van der Waals surface area contributed by atoms with Crippen molar-refractivity contribution < 1.29 is 0 Å². The summed E-state index contributed by atoms with van der Waals surface area (Å²) in [7, 11) is 0. The molecule has 59 heavy (non-hydrogen) atoms. The van der Waals surface area contributed by atoms with Gasteiger partial charge in [0.1, 0.15) is 0 Å². The van der Waals surface area contributed by atoms with Crippen LogP contribution in [0.5, 0.6) is 0 Å². The van der Waals surface area contributed by atoms with Gasteiger partial charge in [0.05, 0.1) is 0 Å². The maximum absolute atomic E-state index is 5.38. The molecule has 0 radical (unpaired) electrons. The number of hydrogen-bond donors (Lipinski definition) is 1. The number of hydrogen-bond acceptors (Lipinski definition) is 3. The predicted molar refractivity (Wildman–Crippen MR) is 250 cm³/mol. The van der Waals surface area contributed by atoms with Gasteiger partial charge in [0.2, 0.25) is 0 Å². The molecule has 1 aromatic heterocycles. The number of aromatic nitrogens is 2. The molecular weight excluding hydrogens is 719 g/mol. The fourth-order valence-electron chi connectivity index (χ4n) is 8.73. The van der Waals surface area contributed by atoms with Crippen LogP contribution in [0.1, 0.15) is 40.5 Å². The molecule has 1 aliphatic rings. The highest BCUT2D eigenvalue weighted by molar-refractivity contribution is 6.04. The molecule has 0 saturated carbocycles. The summed E-state index contributed by atoms with van der Waals surface area (Å²) in [5, 5.41) is 11.9. The first-order valence-electron chi connectivity index (χ1n) is 21.2. The first-order chi connectivity index (χ1) is 29.0. The van der Waals surface area contributed by atoms with Gasteiger partial charge in [-0.3, -0.25) is 0 Å². The number of fused-ring (bicyclic) bond motifs is 2. The second-order valence-electron chi connectivity index (χ2n) is 15.9. The molecule has 7 aromatic carbocycles. The molecule has 5 heteroatoms. The van der Waals surface area contributed by atoms with Crippen molar-refractivity contribution >= 4 is 56.8 Å². The molecule has 0 bridgehead atoms. The van der Waals surface area contributed by atoms with Crippen molar-refractivity contribution in [2.75, 3.05) is 16.3 Å². The van der Waals surface area contributed by atoms with E-state index in [0.717, 1.165) is 65.6 Å². The van der Waals surface area contributed by atoms with Gasteiger partial charge in [0, 0.05) is 64.3 Å². The number of benzene rings is 7. The topological polar surface area (TPSA) is 37.5 Å². The van der Waals surface area contributed by atoms with Crippen LogP contribution >= 0.6 is 0 Å². The lowest BCUT2D eigenvalue weighted by Crippen LogP contribution is -2.36. The van der Waals surface area contributed by atoms with Gasteiger partial charge < -0.3 is 24.9 Å². The van der Waals surface area contributed by atoms with E-state index in [-0.39, 0.29) is 6.04 Å². The number of anilines is 6. The zero-order valence-electron chi connectivity index (χ0n) is 34.5. The van der Waals surface area contributed by atoms with E-state index >= 15 is 0 Å². The van der Waals surface area contributed by atoms with Crippen LogP contribution in [0.4, 0.5) is 34.1 Å². The summed E-state index contributed by atoms with van der Waals surface area (Å²) < 4.78 is 2.27. The number of nitrogens with one attached hydrogen (secondary N) is 1. The van der Waals surface area contributed by atoms with Crippen LogP contribution in [-0.2, 0) is 6.54 Å². The van der Waals surface area contributed by atoms with E-state index in [4.69, 9.17) is 5.10 Å². The fourth-order valence-corrected chi connectivity index (χ4v) is 8.73. The van der Waals surface area contributed by atoms with Crippen LogP contribution in [0.15, 0.2) is 170 Å². The van der Waals surface area contributed by atoms with E-state index < -0.39 is 0 Å². The third kappa shape index (κ3) is 7.39. The summed E-state index contributed by atoms with van der Waals surface area (Å²) in [6.07, 6.45) is 4.47. The lowest BCUT2D eigenvalue weighted by Gasteiger charge is -2.36. The quantitative estimate of drug-likeness (QED) is 0.134. The van der Waals surface area contributed by atoms with Crippen LogP contribution < -0.4 is 30.7 Å². The Balaban J connectivity index is 1.25. The van der Waals surface area contributed by atoms with Gasteiger partial charge in [-0.05, 0) is 124 Å². The van der Waals surface area contributed by atoms with Gasteiger partial charge in [-0.2, -0.15) is 0 Å². The predicted octanol–water partition coefficient (Wildman–Crippen LogP) is 12.3. The SMILES string of the molecule is CCC1=c2c(-c3ccc(N(c4ccccc4)c4ccccc4)cc3)c3[n-]n(CC(C)C)c3c(-c3ccc(N(c4ccccc4)c4ccccc4)cc3)c2=CC(CC)NC1. The normalized spacial score (nSPS) is 13.9. The smallest absolute Gasteiger partial charge is 0.0462 e. The maximum atomic E-state index is 5.38. The molecule has 0 fully saturated rings. The maximum Gasteiger partial charge on any atom is 0.0462 e. The van der Waals surface area contributed by atoms with Crippen molar-refractivity contribution in [2.24, 2.45) is 5.92 Å². The first kappa shape index (κ1) is 38.0. The van der Waals surface area contributed by atoms with Crippen LogP contribution in [-0.4, -0.2) is 17.3 Å². The monoisotopic (exact) mass is 770 g/mol. The van der Waals surface area contributed by atoms with Crippen LogP contribution in [0.25, 0.3) is 44.9 Å². The Morgan fingerprint density at radius 2 is 1.00 bits per heavy atom. The van der Waals surface area contributed by atoms with E-state index in [2.05, 4.69) is 223 Å². The summed E-state index contributed by atoms with van der Waals surface area (Å²) in [6, 6.07) is 61.2. The zero-order chi connectivity index (χ0) is 40.3. The summed E-state index contributed by atoms with van der Waals surface area (Å²) in [4.78, 5) is 4.66. The Hall–Kier alpha value is -6.56. The molecule has 0 amide bonds. The Kier molecular flexibility index (Phi) is 10.8. The van der Waals surface area contributed by atoms with Crippen molar-refractivity contribution in [1.82, 2.24) is 15.1 Å². The molecule has 1 aliphatic heterocycles. The molecule has 9 rings (SSSR count). The van der Waals surface area contributed by atoms with Gasteiger partial charge in [0.25, 0.3) is 0 Å². The van der Waals surface area contributed by atoms with Gasteiger partial charge >= 0.3 is 0 Å². The second kappa shape index (κ2) is 16.7. The lowest BCUT2D eigenvalue weighted by atomic mass is 9.89. The third-order valence-electron chi connectivity index (χ3n) is 11.6. The Labute approximate surface area is 348 Å². The Morgan fingerprint density at radius 3 is 1.41 bits per heavy atom. The molecule has 1 unspecified atom stereocenters. The van der Waals surface area contributed by atoms with Crippen molar-refractivity contribution in [3.63, 3.8) is 0 Å². The highest BCUT2D eigenvalue weighted by Gasteiger charge is 2.22. The number of nitrogens with zero attached hydrogens (tertiary/aromatic N) is 4. The van der Waals surface area contributed by atoms with E-state index in [0.29, 0.717) is 5.92 Å². The zero-order valence-corrected chi connectivity index (χ0v) is 34.5. The van der Waals surface area contributed by atoms with Crippen LogP contribution in [0, 0.1) is 5.92 Å². The van der Waals surface area contributed by atoms with Gasteiger partial charge in [-0.25, -0.2) is 0 Å². The van der Waals surface area contributed by atoms with Crippen molar-refractivity contribution in [3.05, 3.63) is 180 Å². The van der Waals surface area contributed by atoms with E-state index in [9.17, 15) is 0 Å². The molecule has 0 spiro atoms. The molecule has 1 atom stereocenters. The molecule has 5 nitrogen and oxygen atoms in total. The highest BCUT2D eigenvalue weighted by atomic mass is 15.3. The van der Waals surface area contributed by atoms with E-state index in [1.165, 1.54) is 43.8 Å². The minimum Gasteiger partial charge on any atom is -0.593 e. The standard InChI is InChI=1S/C54H52N5/c1-5-39-36-55-42(6-2)35-49-50(39)52(41-29-33-48(34-30-41)59(45-23-15-9-16-24-45)46-25-17-10-18-26-46)53-54(57(56-53)37-38(3)4)51(49)40-27-31-47(32-28-40)58(43-19-11-7-12-20-43)44-21-13-8-14-22-44/h7-35,38,42,55H,5-6,36-37H2,1-4H3/q-1. The summed E-state index contributed by atoms with van der Waals surface area (Å²) in [5.41, 5.74) is 15.4. The molecule has 8 aromatic rings. The summed E-state index contributed by atoms with van der Waals surface area (Å²) >= 11 is 0. The second-order valence-corrected chi connectivity index (χ2v) is 15.9. The molecule has 1 N–H and O–H groups in total. The summed E-state index contributed by atoms with van der Waals surface area (Å²) in [6.45, 7) is 10.8. The largest absolute Gasteiger partial charge is 0.593 e. The van der Waals surface area contributed by atoms with Crippen LogP contribution in [0.2, 0.25) is 0 Å². The molecule has 2 heterocycles. The summed E-state index contributed by atoms with van der Waals surface area (Å²) in [5.74, 6) is 0.447. The van der Waals surface area contributed by atoms with Crippen molar-refractivity contribution in [3.8, 4) is 22.3 Å². The minimum atomic E-state index is 0.247. The molecule has 0 saturated heterocycles. The fraction of sp³-hybridized carbons (Fsp3) is 0.185. The van der Waals surface area contributed by atoms with E-state index in [1.54, 1.807) is 0 Å². The lowest BCUT2D eigenvalue weighted by molar-refractivity contribution is 0.479. The average molecular weight is 771 g/mol. The first-order valence-corrected chi connectivity index (χ1v) is 21.2. The average Bonchev–Trinajstić information content (AvgIpc) is 3.47. The minimum absolute atomic E-state index is 0.247. The van der Waals surface area contributed by atoms with Crippen LogP contribution in [0.3, 0.4) is 0 Å². The Bertz CT molecular complexity index is 2690. The molecule has 294 valence electrons. The Morgan fingerprint density at radius 1 is 0.576 bits per heavy atom. The van der Waals surface area contributed by atoms with E-state index in [1.807, 2.05) is 0 Å². The van der Waals surface area contributed by atoms with Crippen molar-refractivity contribution in [2.45, 2.75) is 53.1 Å². The number of rotatable bonds is 12. The van der Waals surface area contributed by atoms with Gasteiger partial charge in [0.15, 0.2) is 0 Å².